The predicted octanol–water partition coefficient (Wildman–Crippen LogP) is 2.08. The second-order valence-corrected chi connectivity index (χ2v) is 4.80. The van der Waals surface area contributed by atoms with Crippen molar-refractivity contribution in [1.82, 2.24) is 10.1 Å². The molecule has 4 nitrogen and oxygen atoms in total. The number of aromatic nitrogens is 2. The fourth-order valence-corrected chi connectivity index (χ4v) is 2.34. The number of benzene rings is 1. The largest absolute Gasteiger partial charge is 0.339 e. The Kier molecular flexibility index (Phi) is 3.63. The standard InChI is InChI=1S/C11H11FN2O2S/c1-2-11-13-10(14-16-11)7-17(15)9-6-4-3-5-8(9)12/h3-6H,2,7H2,1H3. The topological polar surface area (TPSA) is 56.0 Å². The highest BCUT2D eigenvalue weighted by Gasteiger charge is 2.13. The zero-order chi connectivity index (χ0) is 12.3. The first-order valence-corrected chi connectivity index (χ1v) is 6.47. The quantitative estimate of drug-likeness (QED) is 0.838. The Bertz CT molecular complexity index is 542. The van der Waals surface area contributed by atoms with Crippen LogP contribution in [0.1, 0.15) is 18.6 Å². The lowest BCUT2D eigenvalue weighted by Gasteiger charge is -1.99. The number of nitrogens with zero attached hydrogens (tertiary/aromatic N) is 2. The molecule has 0 aliphatic carbocycles. The molecule has 2 aromatic rings. The van der Waals surface area contributed by atoms with Gasteiger partial charge in [-0.25, -0.2) is 4.39 Å². The van der Waals surface area contributed by atoms with E-state index in [9.17, 15) is 8.60 Å². The third-order valence-corrected chi connectivity index (χ3v) is 3.50. The summed E-state index contributed by atoms with van der Waals surface area (Å²) in [6.45, 7) is 1.88. The fourth-order valence-electron chi connectivity index (χ4n) is 1.32. The fraction of sp³-hybridized carbons (Fsp3) is 0.273. The van der Waals surface area contributed by atoms with E-state index in [0.717, 1.165) is 0 Å². The molecule has 1 heterocycles. The molecular formula is C11H11FN2O2S. The van der Waals surface area contributed by atoms with Gasteiger partial charge in [0.2, 0.25) is 5.89 Å². The van der Waals surface area contributed by atoms with Gasteiger partial charge in [-0.1, -0.05) is 24.2 Å². The summed E-state index contributed by atoms with van der Waals surface area (Å²) >= 11 is 0. The van der Waals surface area contributed by atoms with E-state index in [2.05, 4.69) is 10.1 Å². The van der Waals surface area contributed by atoms with E-state index in [1.165, 1.54) is 12.1 Å². The molecular weight excluding hydrogens is 243 g/mol. The Morgan fingerprint density at radius 1 is 1.41 bits per heavy atom. The molecule has 1 aromatic heterocycles. The van der Waals surface area contributed by atoms with E-state index in [1.54, 1.807) is 12.1 Å². The highest BCUT2D eigenvalue weighted by atomic mass is 32.2. The van der Waals surface area contributed by atoms with Crippen molar-refractivity contribution < 1.29 is 13.1 Å². The molecule has 0 fully saturated rings. The van der Waals surface area contributed by atoms with Crippen LogP contribution in [0.15, 0.2) is 33.7 Å². The average molecular weight is 254 g/mol. The lowest BCUT2D eigenvalue weighted by atomic mass is 10.3. The van der Waals surface area contributed by atoms with E-state index < -0.39 is 16.6 Å². The number of halogens is 1. The summed E-state index contributed by atoms with van der Waals surface area (Å²) < 4.78 is 30.1. The summed E-state index contributed by atoms with van der Waals surface area (Å²) in [5, 5.41) is 3.68. The van der Waals surface area contributed by atoms with Crippen LogP contribution in [0.2, 0.25) is 0 Å². The first-order valence-electron chi connectivity index (χ1n) is 5.15. The van der Waals surface area contributed by atoms with Crippen molar-refractivity contribution >= 4 is 10.8 Å². The van der Waals surface area contributed by atoms with E-state index in [1.807, 2.05) is 6.92 Å². The molecule has 0 saturated carbocycles. The third kappa shape index (κ3) is 2.76. The van der Waals surface area contributed by atoms with E-state index >= 15 is 0 Å². The predicted molar refractivity (Wildman–Crippen MR) is 60.2 cm³/mol. The van der Waals surface area contributed by atoms with Crippen molar-refractivity contribution in [2.75, 3.05) is 0 Å². The Balaban J connectivity index is 2.14. The Morgan fingerprint density at radius 3 is 2.82 bits per heavy atom. The average Bonchev–Trinajstić information content (AvgIpc) is 2.77. The molecule has 90 valence electrons. The van der Waals surface area contributed by atoms with Crippen LogP contribution in [0, 0.1) is 5.82 Å². The monoisotopic (exact) mass is 254 g/mol. The van der Waals surface area contributed by atoms with Crippen molar-refractivity contribution in [2.45, 2.75) is 24.0 Å². The van der Waals surface area contributed by atoms with Gasteiger partial charge < -0.3 is 4.52 Å². The molecule has 2 rings (SSSR count). The summed E-state index contributed by atoms with van der Waals surface area (Å²) in [6, 6.07) is 5.97. The Labute approximate surface area is 100 Å². The Morgan fingerprint density at radius 2 is 2.18 bits per heavy atom. The van der Waals surface area contributed by atoms with Crippen LogP contribution in [0.4, 0.5) is 4.39 Å². The summed E-state index contributed by atoms with van der Waals surface area (Å²) in [5.74, 6) is 0.406. The molecule has 0 bridgehead atoms. The second kappa shape index (κ2) is 5.18. The minimum atomic E-state index is -1.49. The first kappa shape index (κ1) is 11.9. The molecule has 1 aromatic carbocycles. The van der Waals surface area contributed by atoms with Gasteiger partial charge in [0.1, 0.15) is 5.82 Å². The molecule has 0 aliphatic rings. The molecule has 0 saturated heterocycles. The van der Waals surface area contributed by atoms with Crippen molar-refractivity contribution in [3.63, 3.8) is 0 Å². The van der Waals surface area contributed by atoms with Crippen molar-refractivity contribution in [1.29, 1.82) is 0 Å². The van der Waals surface area contributed by atoms with Crippen LogP contribution in [-0.4, -0.2) is 14.3 Å². The van der Waals surface area contributed by atoms with Gasteiger partial charge in [-0.15, -0.1) is 0 Å². The van der Waals surface area contributed by atoms with Crippen LogP contribution in [0.25, 0.3) is 0 Å². The van der Waals surface area contributed by atoms with Gasteiger partial charge in [-0.05, 0) is 12.1 Å². The molecule has 0 radical (unpaired) electrons. The molecule has 1 unspecified atom stereocenters. The van der Waals surface area contributed by atoms with Gasteiger partial charge in [-0.2, -0.15) is 4.98 Å². The van der Waals surface area contributed by atoms with Crippen molar-refractivity contribution in [2.24, 2.45) is 0 Å². The number of hydrogen-bond acceptors (Lipinski definition) is 4. The van der Waals surface area contributed by atoms with Gasteiger partial charge in [0.15, 0.2) is 5.82 Å². The minimum absolute atomic E-state index is 0.0600. The first-order chi connectivity index (χ1) is 8.20. The number of hydrogen-bond donors (Lipinski definition) is 0. The van der Waals surface area contributed by atoms with Crippen LogP contribution in [0.5, 0.6) is 0 Å². The molecule has 17 heavy (non-hydrogen) atoms. The number of aryl methyl sites for hydroxylation is 1. The van der Waals surface area contributed by atoms with E-state index in [0.29, 0.717) is 18.1 Å². The minimum Gasteiger partial charge on any atom is -0.339 e. The molecule has 0 spiro atoms. The summed E-state index contributed by atoms with van der Waals surface area (Å²) in [6.07, 6.45) is 0.624. The van der Waals surface area contributed by atoms with Gasteiger partial charge >= 0.3 is 0 Å². The van der Waals surface area contributed by atoms with Crippen LogP contribution in [0.3, 0.4) is 0 Å². The SMILES string of the molecule is CCc1nc(CS(=O)c2ccccc2F)no1. The van der Waals surface area contributed by atoms with Crippen molar-refractivity contribution in [3.05, 3.63) is 41.8 Å². The highest BCUT2D eigenvalue weighted by molar-refractivity contribution is 7.84. The van der Waals surface area contributed by atoms with Gasteiger partial charge in [0.05, 0.1) is 21.4 Å². The van der Waals surface area contributed by atoms with E-state index in [-0.39, 0.29) is 10.6 Å². The molecule has 1 atom stereocenters. The molecule has 0 N–H and O–H groups in total. The maximum Gasteiger partial charge on any atom is 0.226 e. The summed E-state index contributed by atoms with van der Waals surface area (Å²) in [5.41, 5.74) is 0. The molecule has 6 heteroatoms. The zero-order valence-corrected chi connectivity index (χ0v) is 10.0. The van der Waals surface area contributed by atoms with Crippen LogP contribution >= 0.6 is 0 Å². The number of rotatable bonds is 4. The van der Waals surface area contributed by atoms with Crippen LogP contribution in [-0.2, 0) is 23.0 Å². The molecule has 0 amide bonds. The molecule has 0 aliphatic heterocycles. The second-order valence-electron chi connectivity index (χ2n) is 3.38. The zero-order valence-electron chi connectivity index (χ0n) is 9.22. The summed E-state index contributed by atoms with van der Waals surface area (Å²) in [7, 11) is -1.49. The maximum atomic E-state index is 13.4. The lowest BCUT2D eigenvalue weighted by Crippen LogP contribution is -2.00. The maximum absolute atomic E-state index is 13.4. The van der Waals surface area contributed by atoms with Gasteiger partial charge in [-0.3, -0.25) is 4.21 Å². The smallest absolute Gasteiger partial charge is 0.226 e. The Hall–Kier alpha value is -1.56. The third-order valence-electron chi connectivity index (χ3n) is 2.15. The van der Waals surface area contributed by atoms with E-state index in [4.69, 9.17) is 4.52 Å². The lowest BCUT2D eigenvalue weighted by molar-refractivity contribution is 0.378. The van der Waals surface area contributed by atoms with Crippen molar-refractivity contribution in [3.8, 4) is 0 Å². The van der Waals surface area contributed by atoms with Gasteiger partial charge in [0.25, 0.3) is 0 Å². The van der Waals surface area contributed by atoms with Crippen LogP contribution < -0.4 is 0 Å². The normalized spacial score (nSPS) is 12.6. The summed E-state index contributed by atoms with van der Waals surface area (Å²) in [4.78, 5) is 4.19. The highest BCUT2D eigenvalue weighted by Crippen LogP contribution is 2.14. The van der Waals surface area contributed by atoms with Gasteiger partial charge in [0, 0.05) is 6.42 Å².